The second-order valence-electron chi connectivity index (χ2n) is 5.50. The number of carbonyl (C=O) groups is 1. The Morgan fingerprint density at radius 3 is 2.62 bits per heavy atom. The van der Waals surface area contributed by atoms with Crippen molar-refractivity contribution in [2.75, 3.05) is 0 Å². The highest BCUT2D eigenvalue weighted by Crippen LogP contribution is 2.32. The molecule has 1 N–H and O–H groups in total. The number of hydrogen-bond acceptors (Lipinski definition) is 2. The molecule has 21 heavy (non-hydrogen) atoms. The Morgan fingerprint density at radius 2 is 1.86 bits per heavy atom. The normalized spacial score (nSPS) is 19.9. The second kappa shape index (κ2) is 6.00. The van der Waals surface area contributed by atoms with Gasteiger partial charge in [0.1, 0.15) is 6.61 Å². The summed E-state index contributed by atoms with van der Waals surface area (Å²) in [6.07, 6.45) is 0.529. The molecule has 0 heterocycles. The van der Waals surface area contributed by atoms with Gasteiger partial charge in [-0.3, -0.25) is 0 Å². The molecule has 0 aliphatic heterocycles. The molecule has 0 spiro atoms. The van der Waals surface area contributed by atoms with E-state index in [0.717, 1.165) is 12.0 Å². The van der Waals surface area contributed by atoms with Gasteiger partial charge in [0, 0.05) is 12.0 Å². The Morgan fingerprint density at radius 1 is 1.14 bits per heavy atom. The van der Waals surface area contributed by atoms with Crippen LogP contribution in [0.1, 0.15) is 29.5 Å². The third-order valence-electron chi connectivity index (χ3n) is 4.11. The fourth-order valence-electron chi connectivity index (χ4n) is 2.89. The number of nitrogens with one attached hydrogen (secondary N) is 1. The van der Waals surface area contributed by atoms with Crippen LogP contribution in [0.15, 0.2) is 54.6 Å². The predicted molar refractivity (Wildman–Crippen MR) is 82.1 cm³/mol. The van der Waals surface area contributed by atoms with Crippen molar-refractivity contribution in [2.45, 2.75) is 31.9 Å². The third kappa shape index (κ3) is 3.07. The first-order chi connectivity index (χ1) is 10.2. The molecule has 0 bridgehead atoms. The summed E-state index contributed by atoms with van der Waals surface area (Å²) < 4.78 is 5.29. The molecule has 0 saturated carbocycles. The Labute approximate surface area is 124 Å². The van der Waals surface area contributed by atoms with E-state index in [1.807, 2.05) is 42.5 Å². The van der Waals surface area contributed by atoms with Gasteiger partial charge in [0.25, 0.3) is 0 Å². The molecule has 2 atom stereocenters. The van der Waals surface area contributed by atoms with E-state index in [-0.39, 0.29) is 12.1 Å². The molecule has 0 saturated heterocycles. The van der Waals surface area contributed by atoms with Gasteiger partial charge >= 0.3 is 6.09 Å². The molecule has 1 aliphatic rings. The van der Waals surface area contributed by atoms with Crippen LogP contribution in [0.2, 0.25) is 0 Å². The Bertz CT molecular complexity index is 624. The average Bonchev–Trinajstić information content (AvgIpc) is 2.83. The molecule has 1 aliphatic carbocycles. The predicted octanol–water partition coefficient (Wildman–Crippen LogP) is 3.64. The zero-order valence-corrected chi connectivity index (χ0v) is 12.1. The number of alkyl carbamates (subject to hydrolysis) is 1. The Balaban J connectivity index is 1.55. The lowest BCUT2D eigenvalue weighted by Crippen LogP contribution is -2.37. The van der Waals surface area contributed by atoms with Gasteiger partial charge in [-0.25, -0.2) is 4.79 Å². The lowest BCUT2D eigenvalue weighted by molar-refractivity contribution is 0.135. The zero-order chi connectivity index (χ0) is 14.7. The number of amides is 1. The first-order valence-electron chi connectivity index (χ1n) is 7.29. The van der Waals surface area contributed by atoms with Crippen molar-refractivity contribution < 1.29 is 9.53 Å². The van der Waals surface area contributed by atoms with Gasteiger partial charge in [-0.15, -0.1) is 0 Å². The third-order valence-corrected chi connectivity index (χ3v) is 4.11. The molecule has 2 aromatic rings. The van der Waals surface area contributed by atoms with Crippen molar-refractivity contribution >= 4 is 6.09 Å². The summed E-state index contributed by atoms with van der Waals surface area (Å²) in [5.41, 5.74) is 3.64. The molecule has 3 heteroatoms. The summed E-state index contributed by atoms with van der Waals surface area (Å²) in [4.78, 5) is 11.9. The molecule has 2 aromatic carbocycles. The lowest BCUT2D eigenvalue weighted by atomic mass is 10.0. The topological polar surface area (TPSA) is 38.3 Å². The molecule has 1 amide bonds. The SMILES string of the molecule is C[C@H]1c2ccccc2CC1NC(=O)OCc1ccccc1. The average molecular weight is 281 g/mol. The number of fused-ring (bicyclic) bond motifs is 1. The van der Waals surface area contributed by atoms with Gasteiger partial charge in [-0.1, -0.05) is 61.5 Å². The molecule has 3 nitrogen and oxygen atoms in total. The van der Waals surface area contributed by atoms with Gasteiger partial charge in [-0.2, -0.15) is 0 Å². The van der Waals surface area contributed by atoms with Gasteiger partial charge in [-0.05, 0) is 23.1 Å². The minimum atomic E-state index is -0.344. The fourth-order valence-corrected chi connectivity index (χ4v) is 2.89. The van der Waals surface area contributed by atoms with Crippen LogP contribution >= 0.6 is 0 Å². The summed E-state index contributed by atoms with van der Waals surface area (Å²) in [5, 5.41) is 2.98. The van der Waals surface area contributed by atoms with Crippen molar-refractivity contribution in [3.05, 3.63) is 71.3 Å². The van der Waals surface area contributed by atoms with Gasteiger partial charge in [0.05, 0.1) is 0 Å². The van der Waals surface area contributed by atoms with E-state index >= 15 is 0 Å². The van der Waals surface area contributed by atoms with E-state index < -0.39 is 0 Å². The van der Waals surface area contributed by atoms with Crippen LogP contribution in [0.25, 0.3) is 0 Å². The van der Waals surface area contributed by atoms with Gasteiger partial charge in [0.2, 0.25) is 0 Å². The molecule has 1 unspecified atom stereocenters. The van der Waals surface area contributed by atoms with Crippen LogP contribution in [-0.2, 0) is 17.8 Å². The summed E-state index contributed by atoms with van der Waals surface area (Å²) >= 11 is 0. The maximum absolute atomic E-state index is 11.9. The number of rotatable bonds is 3. The van der Waals surface area contributed by atoms with E-state index in [4.69, 9.17) is 4.74 Å². The monoisotopic (exact) mass is 281 g/mol. The van der Waals surface area contributed by atoms with Gasteiger partial charge < -0.3 is 10.1 Å². The molecular weight excluding hydrogens is 262 g/mol. The minimum Gasteiger partial charge on any atom is -0.445 e. The molecular formula is C18H19NO2. The Kier molecular flexibility index (Phi) is 3.91. The number of hydrogen-bond donors (Lipinski definition) is 1. The van der Waals surface area contributed by atoms with Crippen molar-refractivity contribution in [3.8, 4) is 0 Å². The smallest absolute Gasteiger partial charge is 0.407 e. The Hall–Kier alpha value is -2.29. The van der Waals surface area contributed by atoms with Crippen LogP contribution in [0.4, 0.5) is 4.79 Å². The lowest BCUT2D eigenvalue weighted by Gasteiger charge is -2.17. The highest BCUT2D eigenvalue weighted by atomic mass is 16.5. The highest BCUT2D eigenvalue weighted by molar-refractivity contribution is 5.68. The summed E-state index contributed by atoms with van der Waals surface area (Å²) in [6.45, 7) is 2.45. The first kappa shape index (κ1) is 13.7. The fraction of sp³-hybridized carbons (Fsp3) is 0.278. The van der Waals surface area contributed by atoms with Crippen LogP contribution in [0.3, 0.4) is 0 Å². The summed E-state index contributed by atoms with van der Waals surface area (Å²) in [5.74, 6) is 0.325. The van der Waals surface area contributed by atoms with E-state index in [1.54, 1.807) is 0 Å². The molecule has 3 rings (SSSR count). The molecule has 0 aromatic heterocycles. The van der Waals surface area contributed by atoms with Crippen LogP contribution in [-0.4, -0.2) is 12.1 Å². The van der Waals surface area contributed by atoms with Crippen molar-refractivity contribution in [1.82, 2.24) is 5.32 Å². The summed E-state index contributed by atoms with van der Waals surface area (Å²) in [7, 11) is 0. The van der Waals surface area contributed by atoms with E-state index in [9.17, 15) is 4.79 Å². The number of benzene rings is 2. The first-order valence-corrected chi connectivity index (χ1v) is 7.29. The molecule has 0 radical (unpaired) electrons. The standard InChI is InChI=1S/C18H19NO2/c1-13-16-10-6-5-9-15(16)11-17(13)19-18(20)21-12-14-7-3-2-4-8-14/h2-10,13,17H,11-12H2,1H3,(H,19,20)/t13-,17?/m0/s1. The van der Waals surface area contributed by atoms with Crippen molar-refractivity contribution in [2.24, 2.45) is 0 Å². The maximum Gasteiger partial charge on any atom is 0.407 e. The van der Waals surface area contributed by atoms with Crippen LogP contribution in [0.5, 0.6) is 0 Å². The maximum atomic E-state index is 11.9. The van der Waals surface area contributed by atoms with E-state index in [2.05, 4.69) is 24.4 Å². The van der Waals surface area contributed by atoms with Crippen molar-refractivity contribution in [3.63, 3.8) is 0 Å². The molecule has 0 fully saturated rings. The minimum absolute atomic E-state index is 0.116. The molecule has 108 valence electrons. The van der Waals surface area contributed by atoms with E-state index in [1.165, 1.54) is 11.1 Å². The zero-order valence-electron chi connectivity index (χ0n) is 12.1. The summed E-state index contributed by atoms with van der Waals surface area (Å²) in [6, 6.07) is 18.2. The van der Waals surface area contributed by atoms with Crippen LogP contribution in [0, 0.1) is 0 Å². The van der Waals surface area contributed by atoms with Crippen LogP contribution < -0.4 is 5.32 Å². The largest absolute Gasteiger partial charge is 0.445 e. The van der Waals surface area contributed by atoms with Crippen molar-refractivity contribution in [1.29, 1.82) is 0 Å². The quantitative estimate of drug-likeness (QED) is 0.932. The number of ether oxygens (including phenoxy) is 1. The second-order valence-corrected chi connectivity index (χ2v) is 5.50. The highest BCUT2D eigenvalue weighted by Gasteiger charge is 2.30. The number of carbonyl (C=O) groups excluding carboxylic acids is 1. The van der Waals surface area contributed by atoms with E-state index in [0.29, 0.717) is 12.5 Å². The van der Waals surface area contributed by atoms with Gasteiger partial charge in [0.15, 0.2) is 0 Å².